The van der Waals surface area contributed by atoms with Gasteiger partial charge < -0.3 is 4.90 Å². The summed E-state index contributed by atoms with van der Waals surface area (Å²) in [5.74, 6) is 0.0733. The zero-order chi connectivity index (χ0) is 15.6. The summed E-state index contributed by atoms with van der Waals surface area (Å²) >= 11 is 0. The number of anilines is 1. The standard InChI is InChI=1S/C18H16N4O/c23-18(13-21-10-1-7-20-21)22-11-6-16-12-15(2-3-17(16)22)14-4-8-19-9-5-14/h1-5,7-10,12H,6,11,13H2. The van der Waals surface area contributed by atoms with E-state index in [4.69, 9.17) is 0 Å². The highest BCUT2D eigenvalue weighted by molar-refractivity contribution is 5.95. The van der Waals surface area contributed by atoms with Crippen molar-refractivity contribution in [1.82, 2.24) is 14.8 Å². The Balaban J connectivity index is 1.59. The van der Waals surface area contributed by atoms with Gasteiger partial charge in [-0.25, -0.2) is 0 Å². The van der Waals surface area contributed by atoms with Gasteiger partial charge in [0, 0.05) is 37.0 Å². The summed E-state index contributed by atoms with van der Waals surface area (Å²) in [6, 6.07) is 12.1. The lowest BCUT2D eigenvalue weighted by molar-refractivity contribution is -0.119. The van der Waals surface area contributed by atoms with E-state index in [1.807, 2.05) is 29.2 Å². The van der Waals surface area contributed by atoms with Crippen molar-refractivity contribution in [1.29, 1.82) is 0 Å². The van der Waals surface area contributed by atoms with Gasteiger partial charge in [0.25, 0.3) is 0 Å². The number of nitrogens with zero attached hydrogens (tertiary/aromatic N) is 4. The number of rotatable bonds is 3. The molecule has 0 fully saturated rings. The van der Waals surface area contributed by atoms with E-state index in [9.17, 15) is 4.79 Å². The smallest absolute Gasteiger partial charge is 0.248 e. The Kier molecular flexibility index (Phi) is 3.38. The molecule has 0 saturated carbocycles. The van der Waals surface area contributed by atoms with Crippen LogP contribution in [0.3, 0.4) is 0 Å². The number of amides is 1. The largest absolute Gasteiger partial charge is 0.310 e. The van der Waals surface area contributed by atoms with E-state index in [0.717, 1.165) is 29.8 Å². The Morgan fingerprint density at radius 2 is 1.96 bits per heavy atom. The van der Waals surface area contributed by atoms with Gasteiger partial charge >= 0.3 is 0 Å². The number of carbonyl (C=O) groups is 1. The van der Waals surface area contributed by atoms with Gasteiger partial charge in [0.2, 0.25) is 5.91 Å². The molecule has 4 rings (SSSR count). The maximum absolute atomic E-state index is 12.5. The molecule has 0 radical (unpaired) electrons. The fraction of sp³-hybridized carbons (Fsp3) is 0.167. The van der Waals surface area contributed by atoms with Crippen LogP contribution in [0.1, 0.15) is 5.56 Å². The molecule has 0 N–H and O–H groups in total. The van der Waals surface area contributed by atoms with E-state index >= 15 is 0 Å². The van der Waals surface area contributed by atoms with Gasteiger partial charge in [-0.05, 0) is 53.4 Å². The van der Waals surface area contributed by atoms with E-state index in [2.05, 4.69) is 22.2 Å². The molecule has 0 spiro atoms. The van der Waals surface area contributed by atoms with Crippen molar-refractivity contribution in [3.63, 3.8) is 0 Å². The van der Waals surface area contributed by atoms with Crippen LogP contribution < -0.4 is 4.90 Å². The van der Waals surface area contributed by atoms with Crippen LogP contribution in [0.2, 0.25) is 0 Å². The summed E-state index contributed by atoms with van der Waals surface area (Å²) in [5, 5.41) is 4.10. The maximum Gasteiger partial charge on any atom is 0.248 e. The Bertz CT molecular complexity index is 827. The summed E-state index contributed by atoms with van der Waals surface area (Å²) in [6.45, 7) is 1.01. The molecule has 114 valence electrons. The minimum Gasteiger partial charge on any atom is -0.310 e. The third-order valence-corrected chi connectivity index (χ3v) is 4.15. The highest BCUT2D eigenvalue weighted by atomic mass is 16.2. The molecule has 1 aliphatic heterocycles. The van der Waals surface area contributed by atoms with Gasteiger partial charge in [-0.15, -0.1) is 0 Å². The lowest BCUT2D eigenvalue weighted by Gasteiger charge is -2.17. The highest BCUT2D eigenvalue weighted by Gasteiger charge is 2.25. The van der Waals surface area contributed by atoms with Gasteiger partial charge in [-0.3, -0.25) is 14.5 Å². The average Bonchev–Trinajstić information content (AvgIpc) is 3.24. The number of pyridine rings is 1. The topological polar surface area (TPSA) is 51.0 Å². The molecule has 23 heavy (non-hydrogen) atoms. The quantitative estimate of drug-likeness (QED) is 0.747. The molecule has 0 saturated heterocycles. The minimum atomic E-state index is 0.0733. The third kappa shape index (κ3) is 2.61. The summed E-state index contributed by atoms with van der Waals surface area (Å²) < 4.78 is 1.66. The number of hydrogen-bond acceptors (Lipinski definition) is 3. The molecule has 5 nitrogen and oxygen atoms in total. The first-order valence-corrected chi connectivity index (χ1v) is 7.62. The molecule has 0 aliphatic carbocycles. The molecule has 0 bridgehead atoms. The van der Waals surface area contributed by atoms with E-state index in [-0.39, 0.29) is 12.5 Å². The molecule has 5 heteroatoms. The Morgan fingerprint density at radius 1 is 1.09 bits per heavy atom. The molecule has 0 atom stereocenters. The SMILES string of the molecule is O=C(Cn1cccn1)N1CCc2cc(-c3ccncc3)ccc21. The van der Waals surface area contributed by atoms with Crippen LogP contribution in [-0.4, -0.2) is 27.2 Å². The summed E-state index contributed by atoms with van der Waals surface area (Å²) in [7, 11) is 0. The second kappa shape index (κ2) is 5.68. The van der Waals surface area contributed by atoms with Crippen LogP contribution in [0.5, 0.6) is 0 Å². The summed E-state index contributed by atoms with van der Waals surface area (Å²) in [6.07, 6.45) is 7.97. The predicted molar refractivity (Wildman–Crippen MR) is 88.0 cm³/mol. The van der Waals surface area contributed by atoms with Gasteiger partial charge in [-0.2, -0.15) is 5.10 Å². The van der Waals surface area contributed by atoms with Crippen LogP contribution >= 0.6 is 0 Å². The lowest BCUT2D eigenvalue weighted by atomic mass is 10.0. The Labute approximate surface area is 134 Å². The maximum atomic E-state index is 12.5. The fourth-order valence-electron chi connectivity index (χ4n) is 3.00. The van der Waals surface area contributed by atoms with Crippen LogP contribution in [0.25, 0.3) is 11.1 Å². The van der Waals surface area contributed by atoms with Crippen molar-refractivity contribution in [2.24, 2.45) is 0 Å². The first-order valence-electron chi connectivity index (χ1n) is 7.62. The van der Waals surface area contributed by atoms with Crippen molar-refractivity contribution < 1.29 is 4.79 Å². The molecular weight excluding hydrogens is 288 g/mol. The third-order valence-electron chi connectivity index (χ3n) is 4.15. The lowest BCUT2D eigenvalue weighted by Crippen LogP contribution is -2.32. The molecule has 0 unspecified atom stereocenters. The van der Waals surface area contributed by atoms with Crippen molar-refractivity contribution in [2.75, 3.05) is 11.4 Å². The first kappa shape index (κ1) is 13.7. The second-order valence-corrected chi connectivity index (χ2v) is 5.58. The van der Waals surface area contributed by atoms with Gasteiger partial charge in [0.15, 0.2) is 0 Å². The molecule has 1 aliphatic rings. The van der Waals surface area contributed by atoms with Crippen molar-refractivity contribution in [2.45, 2.75) is 13.0 Å². The zero-order valence-corrected chi connectivity index (χ0v) is 12.6. The van der Waals surface area contributed by atoms with E-state index in [0.29, 0.717) is 0 Å². The number of fused-ring (bicyclic) bond motifs is 1. The first-order chi connectivity index (χ1) is 11.3. The second-order valence-electron chi connectivity index (χ2n) is 5.58. The van der Waals surface area contributed by atoms with Gasteiger partial charge in [0.1, 0.15) is 6.54 Å². The summed E-state index contributed by atoms with van der Waals surface area (Å²) in [4.78, 5) is 18.4. The van der Waals surface area contributed by atoms with Crippen molar-refractivity contribution in [3.8, 4) is 11.1 Å². The van der Waals surface area contributed by atoms with Crippen molar-refractivity contribution >= 4 is 11.6 Å². The number of carbonyl (C=O) groups excluding carboxylic acids is 1. The van der Waals surface area contributed by atoms with Crippen LogP contribution in [-0.2, 0) is 17.8 Å². The predicted octanol–water partition coefficient (Wildman–Crippen LogP) is 2.53. The number of hydrogen-bond donors (Lipinski definition) is 0. The van der Waals surface area contributed by atoms with Crippen LogP contribution in [0.4, 0.5) is 5.69 Å². The Morgan fingerprint density at radius 3 is 2.74 bits per heavy atom. The van der Waals surface area contributed by atoms with E-state index < -0.39 is 0 Å². The van der Waals surface area contributed by atoms with Crippen LogP contribution in [0.15, 0.2) is 61.2 Å². The molecule has 3 heterocycles. The monoisotopic (exact) mass is 304 g/mol. The Hall–Kier alpha value is -2.95. The van der Waals surface area contributed by atoms with Crippen molar-refractivity contribution in [3.05, 3.63) is 66.7 Å². The normalized spacial score (nSPS) is 13.1. The molecule has 2 aromatic heterocycles. The fourth-order valence-corrected chi connectivity index (χ4v) is 3.00. The summed E-state index contributed by atoms with van der Waals surface area (Å²) in [5.41, 5.74) is 4.53. The van der Waals surface area contributed by atoms with Crippen LogP contribution in [0, 0.1) is 0 Å². The molecule has 1 amide bonds. The molecule has 1 aromatic carbocycles. The van der Waals surface area contributed by atoms with Gasteiger partial charge in [-0.1, -0.05) is 6.07 Å². The molecular formula is C18H16N4O. The number of aromatic nitrogens is 3. The zero-order valence-electron chi connectivity index (χ0n) is 12.6. The van der Waals surface area contributed by atoms with Gasteiger partial charge in [0.05, 0.1) is 0 Å². The van der Waals surface area contributed by atoms with E-state index in [1.165, 1.54) is 5.56 Å². The highest BCUT2D eigenvalue weighted by Crippen LogP contribution is 2.32. The molecule has 3 aromatic rings. The average molecular weight is 304 g/mol. The van der Waals surface area contributed by atoms with E-state index in [1.54, 1.807) is 29.5 Å². The minimum absolute atomic E-state index is 0.0733. The number of benzene rings is 1.